The Hall–Kier alpha value is -3.25. The first kappa shape index (κ1) is 18.1. The molecule has 3 heterocycles. The summed E-state index contributed by atoms with van der Waals surface area (Å²) in [5.41, 5.74) is 2.92. The van der Waals surface area contributed by atoms with Crippen LogP contribution in [-0.4, -0.2) is 46.0 Å². The maximum atomic E-state index is 4.56. The van der Waals surface area contributed by atoms with Crippen molar-refractivity contribution in [2.24, 2.45) is 0 Å². The summed E-state index contributed by atoms with van der Waals surface area (Å²) in [6, 6.07) is 15.9. The Balaban J connectivity index is 1.34. The number of pyridine rings is 1. The van der Waals surface area contributed by atoms with Crippen molar-refractivity contribution in [2.45, 2.75) is 6.42 Å². The van der Waals surface area contributed by atoms with Gasteiger partial charge in [0.05, 0.1) is 5.69 Å². The highest BCUT2D eigenvalue weighted by molar-refractivity contribution is 5.67. The molecule has 6 heteroatoms. The van der Waals surface area contributed by atoms with Crippen LogP contribution in [0.2, 0.25) is 0 Å². The molecule has 1 aliphatic rings. The van der Waals surface area contributed by atoms with E-state index >= 15 is 0 Å². The van der Waals surface area contributed by atoms with Crippen LogP contribution >= 0.6 is 0 Å². The van der Waals surface area contributed by atoms with Crippen molar-refractivity contribution in [3.63, 3.8) is 0 Å². The van der Waals surface area contributed by atoms with Crippen molar-refractivity contribution in [3.8, 4) is 11.3 Å². The van der Waals surface area contributed by atoms with Gasteiger partial charge >= 0.3 is 0 Å². The third-order valence-electron chi connectivity index (χ3n) is 4.59. The number of nitrogens with zero attached hydrogens (tertiary/aromatic N) is 4. The van der Waals surface area contributed by atoms with Crippen LogP contribution in [0.5, 0.6) is 0 Å². The molecule has 0 aliphatic carbocycles. The molecule has 0 saturated carbocycles. The van der Waals surface area contributed by atoms with Gasteiger partial charge in [0.15, 0.2) is 0 Å². The van der Waals surface area contributed by atoms with Crippen LogP contribution < -0.4 is 10.6 Å². The highest BCUT2D eigenvalue weighted by Crippen LogP contribution is 2.22. The lowest BCUT2D eigenvalue weighted by Crippen LogP contribution is -2.23. The fourth-order valence-electron chi connectivity index (χ4n) is 3.16. The van der Waals surface area contributed by atoms with E-state index < -0.39 is 0 Å². The third kappa shape index (κ3) is 4.92. The second-order valence-corrected chi connectivity index (χ2v) is 6.70. The summed E-state index contributed by atoms with van der Waals surface area (Å²) < 4.78 is 0. The van der Waals surface area contributed by atoms with E-state index in [0.717, 1.165) is 55.4 Å². The average molecular weight is 372 g/mol. The van der Waals surface area contributed by atoms with Gasteiger partial charge in [0, 0.05) is 49.8 Å². The lowest BCUT2D eigenvalue weighted by Gasteiger charge is -2.14. The fourth-order valence-corrected chi connectivity index (χ4v) is 3.16. The quantitative estimate of drug-likeness (QED) is 0.461. The number of rotatable bonds is 8. The summed E-state index contributed by atoms with van der Waals surface area (Å²) in [5.74, 6) is 1.41. The lowest BCUT2D eigenvalue weighted by molar-refractivity contribution is 0.351. The molecule has 0 amide bonds. The molecule has 0 fully saturated rings. The van der Waals surface area contributed by atoms with Crippen LogP contribution in [0.15, 0.2) is 73.1 Å². The molecule has 3 aromatic rings. The van der Waals surface area contributed by atoms with E-state index in [9.17, 15) is 0 Å². The topological polar surface area (TPSA) is 66.0 Å². The SMILES string of the molecule is C1=CCN(CCCNc2ccnc(Nc3cccc(-c4ccccn4)c3)n2)C1. The minimum atomic E-state index is 0.576. The van der Waals surface area contributed by atoms with Crippen molar-refractivity contribution in [3.05, 3.63) is 73.1 Å². The van der Waals surface area contributed by atoms with E-state index in [0.29, 0.717) is 5.95 Å². The maximum Gasteiger partial charge on any atom is 0.229 e. The van der Waals surface area contributed by atoms with Gasteiger partial charge in [0.1, 0.15) is 5.82 Å². The zero-order valence-corrected chi connectivity index (χ0v) is 15.8. The van der Waals surface area contributed by atoms with Crippen LogP contribution in [0, 0.1) is 0 Å². The number of hydrogen-bond acceptors (Lipinski definition) is 6. The monoisotopic (exact) mass is 372 g/mol. The molecule has 0 unspecified atom stereocenters. The Morgan fingerprint density at radius 1 is 0.929 bits per heavy atom. The molecule has 0 atom stereocenters. The summed E-state index contributed by atoms with van der Waals surface area (Å²) in [5, 5.41) is 6.67. The normalized spacial score (nSPS) is 13.6. The zero-order chi connectivity index (χ0) is 19.0. The van der Waals surface area contributed by atoms with Gasteiger partial charge in [-0.2, -0.15) is 4.98 Å². The molecule has 28 heavy (non-hydrogen) atoms. The molecular formula is C22H24N6. The molecule has 2 N–H and O–H groups in total. The van der Waals surface area contributed by atoms with E-state index in [-0.39, 0.29) is 0 Å². The average Bonchev–Trinajstić information content (AvgIpc) is 3.26. The molecule has 1 aromatic carbocycles. The molecule has 0 bridgehead atoms. The van der Waals surface area contributed by atoms with Crippen molar-refractivity contribution in [1.29, 1.82) is 0 Å². The van der Waals surface area contributed by atoms with Gasteiger partial charge in [-0.1, -0.05) is 30.4 Å². The van der Waals surface area contributed by atoms with Gasteiger partial charge in [-0.05, 0) is 36.8 Å². The number of anilines is 3. The molecule has 0 saturated heterocycles. The van der Waals surface area contributed by atoms with Gasteiger partial charge in [0.2, 0.25) is 5.95 Å². The van der Waals surface area contributed by atoms with Gasteiger partial charge in [-0.3, -0.25) is 9.88 Å². The summed E-state index contributed by atoms with van der Waals surface area (Å²) in [7, 11) is 0. The second-order valence-electron chi connectivity index (χ2n) is 6.70. The summed E-state index contributed by atoms with van der Waals surface area (Å²) in [4.78, 5) is 15.7. The predicted molar refractivity (Wildman–Crippen MR) is 114 cm³/mol. The Kier molecular flexibility index (Phi) is 5.89. The smallest absolute Gasteiger partial charge is 0.229 e. The molecule has 0 radical (unpaired) electrons. The highest BCUT2D eigenvalue weighted by Gasteiger charge is 2.06. The predicted octanol–water partition coefficient (Wildman–Crippen LogP) is 3.96. The number of benzene rings is 1. The zero-order valence-electron chi connectivity index (χ0n) is 15.8. The lowest BCUT2D eigenvalue weighted by atomic mass is 10.1. The van der Waals surface area contributed by atoms with Gasteiger partial charge in [-0.25, -0.2) is 4.98 Å². The number of hydrogen-bond donors (Lipinski definition) is 2. The minimum absolute atomic E-state index is 0.576. The van der Waals surface area contributed by atoms with Crippen molar-refractivity contribution in [2.75, 3.05) is 36.8 Å². The van der Waals surface area contributed by atoms with E-state index in [1.54, 1.807) is 12.4 Å². The third-order valence-corrected chi connectivity index (χ3v) is 4.59. The molecule has 0 spiro atoms. The first-order valence-electron chi connectivity index (χ1n) is 9.59. The van der Waals surface area contributed by atoms with Crippen molar-refractivity contribution >= 4 is 17.5 Å². The van der Waals surface area contributed by atoms with Crippen LogP contribution in [0.3, 0.4) is 0 Å². The summed E-state index contributed by atoms with van der Waals surface area (Å²) in [6.07, 6.45) is 9.09. The van der Waals surface area contributed by atoms with Gasteiger partial charge in [-0.15, -0.1) is 0 Å². The number of aromatic nitrogens is 3. The van der Waals surface area contributed by atoms with Crippen LogP contribution in [0.1, 0.15) is 6.42 Å². The standard InChI is InChI=1S/C22H24N6/c1-2-11-23-20(9-1)18-7-5-8-19(17-18)26-22-25-13-10-21(27-22)24-12-6-16-28-14-3-4-15-28/h1-5,7-11,13,17H,6,12,14-16H2,(H2,24,25,26,27). The Morgan fingerprint density at radius 3 is 2.71 bits per heavy atom. The van der Waals surface area contributed by atoms with E-state index in [4.69, 9.17) is 0 Å². The van der Waals surface area contributed by atoms with Gasteiger partial charge < -0.3 is 10.6 Å². The minimum Gasteiger partial charge on any atom is -0.370 e. The summed E-state index contributed by atoms with van der Waals surface area (Å²) >= 11 is 0. The van der Waals surface area contributed by atoms with Crippen LogP contribution in [-0.2, 0) is 0 Å². The molecule has 1 aliphatic heterocycles. The second kappa shape index (κ2) is 9.10. The fraction of sp³-hybridized carbons (Fsp3) is 0.227. The first-order chi connectivity index (χ1) is 13.9. The van der Waals surface area contributed by atoms with Crippen LogP contribution in [0.25, 0.3) is 11.3 Å². The van der Waals surface area contributed by atoms with E-state index in [1.165, 1.54) is 0 Å². The highest BCUT2D eigenvalue weighted by atomic mass is 15.1. The van der Waals surface area contributed by atoms with Crippen molar-refractivity contribution in [1.82, 2.24) is 19.9 Å². The van der Waals surface area contributed by atoms with Crippen molar-refractivity contribution < 1.29 is 0 Å². The van der Waals surface area contributed by atoms with E-state index in [2.05, 4.69) is 48.7 Å². The van der Waals surface area contributed by atoms with Crippen LogP contribution in [0.4, 0.5) is 17.5 Å². The molecule has 4 rings (SSSR count). The Labute approximate surface area is 165 Å². The Morgan fingerprint density at radius 2 is 1.86 bits per heavy atom. The molecule has 142 valence electrons. The first-order valence-corrected chi connectivity index (χ1v) is 9.59. The molecular weight excluding hydrogens is 348 g/mol. The van der Waals surface area contributed by atoms with E-state index in [1.807, 2.05) is 42.5 Å². The number of nitrogens with one attached hydrogen (secondary N) is 2. The summed E-state index contributed by atoms with van der Waals surface area (Å²) in [6.45, 7) is 4.12. The Bertz CT molecular complexity index is 917. The molecule has 2 aromatic heterocycles. The molecule has 6 nitrogen and oxygen atoms in total. The maximum absolute atomic E-state index is 4.56. The largest absolute Gasteiger partial charge is 0.370 e. The van der Waals surface area contributed by atoms with Gasteiger partial charge in [0.25, 0.3) is 0 Å².